The molecule has 5 aliphatic rings. The largest absolute Gasteiger partial charge is 0.334 e. The highest BCUT2D eigenvalue weighted by molar-refractivity contribution is 8.22. The van der Waals surface area contributed by atoms with Gasteiger partial charge in [-0.1, -0.05) is 27.2 Å². The number of amides is 7. The van der Waals surface area contributed by atoms with Crippen LogP contribution in [-0.2, 0) is 14.4 Å². The van der Waals surface area contributed by atoms with E-state index in [2.05, 4.69) is 12.2 Å². The number of imide groups is 3. The Hall–Kier alpha value is -2.01. The number of hydrogen-bond acceptors (Lipinski definition) is 7. The molecule has 5 rings (SSSR count). The van der Waals surface area contributed by atoms with Gasteiger partial charge in [0, 0.05) is 19.6 Å². The molecule has 3 saturated carbocycles. The summed E-state index contributed by atoms with van der Waals surface area (Å²) in [5, 5.41) is 2.88. The van der Waals surface area contributed by atoms with Gasteiger partial charge in [0.15, 0.2) is 0 Å². The van der Waals surface area contributed by atoms with Crippen LogP contribution in [0.4, 0.5) is 9.59 Å². The number of urea groups is 2. The SMILES string of the molecule is CCSC(SCC)=C1C(=O)N(CC2CC(CC)C2)C(=O)N(C2CCC3(CC2)CC2(C3)NC(=O)N(C)C2=O)C1=O. The molecule has 3 aliphatic carbocycles. The van der Waals surface area contributed by atoms with Crippen molar-refractivity contribution in [3.05, 3.63) is 9.81 Å². The molecule has 214 valence electrons. The number of carbonyl (C=O) groups excluding carboxylic acids is 5. The number of nitrogens with one attached hydrogen (secondary N) is 1. The van der Waals surface area contributed by atoms with E-state index < -0.39 is 23.4 Å². The quantitative estimate of drug-likeness (QED) is 0.256. The number of carbonyl (C=O) groups is 5. The molecule has 7 amide bonds. The third-order valence-electron chi connectivity index (χ3n) is 9.53. The van der Waals surface area contributed by atoms with Gasteiger partial charge < -0.3 is 5.32 Å². The van der Waals surface area contributed by atoms with Gasteiger partial charge in [-0.2, -0.15) is 0 Å². The Morgan fingerprint density at radius 1 is 0.923 bits per heavy atom. The fraction of sp³-hybridized carbons (Fsp3) is 0.750. The second-order valence-corrected chi connectivity index (χ2v) is 14.8. The molecule has 0 radical (unpaired) electrons. The zero-order valence-corrected chi connectivity index (χ0v) is 25.0. The first kappa shape index (κ1) is 28.5. The second kappa shape index (κ2) is 10.8. The Kier molecular flexibility index (Phi) is 7.87. The molecule has 2 saturated heterocycles. The third kappa shape index (κ3) is 4.81. The molecule has 5 fully saturated rings. The van der Waals surface area contributed by atoms with Crippen molar-refractivity contribution in [1.82, 2.24) is 20.0 Å². The van der Waals surface area contributed by atoms with Gasteiger partial charge in [-0.15, -0.1) is 23.5 Å². The van der Waals surface area contributed by atoms with E-state index >= 15 is 0 Å². The van der Waals surface area contributed by atoms with Crippen LogP contribution in [0.25, 0.3) is 0 Å². The van der Waals surface area contributed by atoms with Gasteiger partial charge in [-0.25, -0.2) is 9.59 Å². The minimum atomic E-state index is -0.794. The molecule has 2 heterocycles. The van der Waals surface area contributed by atoms with Crippen LogP contribution in [0.3, 0.4) is 0 Å². The number of thioether (sulfide) groups is 2. The number of hydrogen-bond donors (Lipinski definition) is 1. The second-order valence-electron chi connectivity index (χ2n) is 12.0. The lowest BCUT2D eigenvalue weighted by molar-refractivity contribution is -0.143. The molecule has 0 aromatic heterocycles. The van der Waals surface area contributed by atoms with Crippen LogP contribution in [0.2, 0.25) is 0 Å². The van der Waals surface area contributed by atoms with Crippen molar-refractivity contribution in [2.24, 2.45) is 17.3 Å². The molecule has 0 unspecified atom stereocenters. The molecule has 0 bridgehead atoms. The van der Waals surface area contributed by atoms with Gasteiger partial charge in [-0.3, -0.25) is 29.1 Å². The van der Waals surface area contributed by atoms with Crippen LogP contribution in [0.1, 0.15) is 78.6 Å². The first-order chi connectivity index (χ1) is 18.6. The normalized spacial score (nSPS) is 34.7. The fourth-order valence-electron chi connectivity index (χ4n) is 7.42. The predicted molar refractivity (Wildman–Crippen MR) is 152 cm³/mol. The Bertz CT molecular complexity index is 1090. The van der Waals surface area contributed by atoms with E-state index in [0.29, 0.717) is 48.3 Å². The molecule has 0 aromatic rings. The highest BCUT2D eigenvalue weighted by Crippen LogP contribution is 2.58. The van der Waals surface area contributed by atoms with Crippen molar-refractivity contribution < 1.29 is 24.0 Å². The van der Waals surface area contributed by atoms with Gasteiger partial charge in [-0.05, 0) is 80.1 Å². The summed E-state index contributed by atoms with van der Waals surface area (Å²) in [6.45, 7) is 6.54. The summed E-state index contributed by atoms with van der Waals surface area (Å²) < 4.78 is 0.713. The number of nitrogens with zero attached hydrogens (tertiary/aromatic N) is 3. The summed E-state index contributed by atoms with van der Waals surface area (Å²) in [5.41, 5.74) is -0.703. The van der Waals surface area contributed by atoms with E-state index in [0.717, 1.165) is 48.5 Å². The average molecular weight is 577 g/mol. The standard InChI is InChI=1S/C28H40N4O5S2/c1-5-17-12-18(13-17)14-31-21(33)20(23(38-6-2)39-7-3)22(34)32(26(31)37)19-8-10-27(11-9-19)15-28(16-27)24(35)30(4)25(36)29-28/h17-19H,5-16H2,1-4H3,(H,29,36). The van der Waals surface area contributed by atoms with E-state index in [1.807, 2.05) is 13.8 Å². The summed E-state index contributed by atoms with van der Waals surface area (Å²) >= 11 is 3.00. The molecule has 2 aliphatic heterocycles. The summed E-state index contributed by atoms with van der Waals surface area (Å²) in [6, 6.07) is -1.10. The van der Waals surface area contributed by atoms with Gasteiger partial charge in [0.1, 0.15) is 11.1 Å². The minimum Gasteiger partial charge on any atom is -0.323 e. The highest BCUT2D eigenvalue weighted by atomic mass is 32.2. The van der Waals surface area contributed by atoms with Crippen molar-refractivity contribution >= 4 is 53.3 Å². The van der Waals surface area contributed by atoms with Crippen molar-refractivity contribution in [1.29, 1.82) is 0 Å². The molecule has 9 nitrogen and oxygen atoms in total. The van der Waals surface area contributed by atoms with Crippen LogP contribution < -0.4 is 5.32 Å². The zero-order valence-electron chi connectivity index (χ0n) is 23.4. The maximum absolute atomic E-state index is 13.9. The maximum atomic E-state index is 13.9. The van der Waals surface area contributed by atoms with Crippen LogP contribution in [0.15, 0.2) is 9.81 Å². The molecule has 0 atom stereocenters. The summed E-state index contributed by atoms with van der Waals surface area (Å²) in [7, 11) is 1.51. The van der Waals surface area contributed by atoms with Crippen molar-refractivity contribution in [3.63, 3.8) is 0 Å². The predicted octanol–water partition coefficient (Wildman–Crippen LogP) is 4.57. The molecule has 11 heteroatoms. The lowest BCUT2D eigenvalue weighted by Crippen LogP contribution is -2.65. The van der Waals surface area contributed by atoms with Crippen molar-refractivity contribution in [3.8, 4) is 0 Å². The van der Waals surface area contributed by atoms with Crippen LogP contribution in [-0.4, -0.2) is 81.2 Å². The number of likely N-dealkylation sites (N-methyl/N-ethyl adjacent to an activating group) is 1. The number of barbiturate groups is 1. The van der Waals surface area contributed by atoms with Crippen LogP contribution in [0, 0.1) is 17.3 Å². The third-order valence-corrected chi connectivity index (χ3v) is 11.8. The monoisotopic (exact) mass is 576 g/mol. The van der Waals surface area contributed by atoms with Crippen LogP contribution >= 0.6 is 23.5 Å². The molecule has 1 N–H and O–H groups in total. The van der Waals surface area contributed by atoms with E-state index in [4.69, 9.17) is 0 Å². The Labute approximate surface area is 239 Å². The zero-order chi connectivity index (χ0) is 28.1. The summed E-state index contributed by atoms with van der Waals surface area (Å²) in [4.78, 5) is 70.0. The Morgan fingerprint density at radius 2 is 1.54 bits per heavy atom. The average Bonchev–Trinajstić information content (AvgIpc) is 3.07. The molecule has 2 spiro atoms. The first-order valence-corrected chi connectivity index (χ1v) is 16.3. The fourth-order valence-corrected chi connectivity index (χ4v) is 9.62. The van der Waals surface area contributed by atoms with E-state index in [9.17, 15) is 24.0 Å². The lowest BCUT2D eigenvalue weighted by atomic mass is 9.51. The minimum absolute atomic E-state index is 0.0664. The first-order valence-electron chi connectivity index (χ1n) is 14.4. The van der Waals surface area contributed by atoms with E-state index in [1.54, 1.807) is 0 Å². The maximum Gasteiger partial charge on any atom is 0.334 e. The van der Waals surface area contributed by atoms with Crippen molar-refractivity contribution in [2.45, 2.75) is 90.1 Å². The van der Waals surface area contributed by atoms with E-state index in [-0.39, 0.29) is 29.0 Å². The Balaban J connectivity index is 1.34. The van der Waals surface area contributed by atoms with Gasteiger partial charge in [0.05, 0.1) is 4.24 Å². The van der Waals surface area contributed by atoms with Crippen molar-refractivity contribution in [2.75, 3.05) is 25.1 Å². The molecular formula is C28H40N4O5S2. The molecule has 39 heavy (non-hydrogen) atoms. The number of rotatable bonds is 8. The van der Waals surface area contributed by atoms with Gasteiger partial charge in [0.2, 0.25) is 0 Å². The molecular weight excluding hydrogens is 536 g/mol. The smallest absolute Gasteiger partial charge is 0.323 e. The van der Waals surface area contributed by atoms with E-state index in [1.165, 1.54) is 40.4 Å². The van der Waals surface area contributed by atoms with Gasteiger partial charge >= 0.3 is 12.1 Å². The molecule has 0 aromatic carbocycles. The lowest BCUT2D eigenvalue weighted by Gasteiger charge is -2.56. The summed E-state index contributed by atoms with van der Waals surface area (Å²) in [5.74, 6) is 1.35. The van der Waals surface area contributed by atoms with Crippen LogP contribution in [0.5, 0.6) is 0 Å². The topological polar surface area (TPSA) is 107 Å². The van der Waals surface area contributed by atoms with Gasteiger partial charge in [0.25, 0.3) is 17.7 Å². The summed E-state index contributed by atoms with van der Waals surface area (Å²) in [6.07, 6.45) is 7.16. The highest BCUT2D eigenvalue weighted by Gasteiger charge is 2.64. The Morgan fingerprint density at radius 3 is 2.05 bits per heavy atom.